The van der Waals surface area contributed by atoms with Crippen molar-refractivity contribution in [3.63, 3.8) is 0 Å². The Balaban J connectivity index is 0.00000176. The highest BCUT2D eigenvalue weighted by Gasteiger charge is 2.25. The van der Waals surface area contributed by atoms with Gasteiger partial charge in [0.1, 0.15) is 0 Å². The van der Waals surface area contributed by atoms with Gasteiger partial charge in [0.05, 0.1) is 6.54 Å². The first-order valence-electron chi connectivity index (χ1n) is 8.17. The highest BCUT2D eigenvalue weighted by Crippen LogP contribution is 2.31. The van der Waals surface area contributed by atoms with Crippen molar-refractivity contribution in [2.45, 2.75) is 45.2 Å². The molecule has 0 aromatic heterocycles. The van der Waals surface area contributed by atoms with Crippen molar-refractivity contribution in [3.05, 3.63) is 29.8 Å². The van der Waals surface area contributed by atoms with Crippen molar-refractivity contribution < 1.29 is 0 Å². The number of hydrogen-bond acceptors (Lipinski definition) is 2. The van der Waals surface area contributed by atoms with Gasteiger partial charge in [0.15, 0.2) is 5.96 Å². The molecule has 0 amide bonds. The quantitative estimate of drug-likeness (QED) is 0.442. The van der Waals surface area contributed by atoms with Crippen LogP contribution in [-0.2, 0) is 6.42 Å². The van der Waals surface area contributed by atoms with Crippen molar-refractivity contribution in [1.82, 2.24) is 10.6 Å². The van der Waals surface area contributed by atoms with Crippen LogP contribution in [0.15, 0.2) is 29.3 Å². The summed E-state index contributed by atoms with van der Waals surface area (Å²) in [6, 6.07) is 9.97. The monoisotopic (exact) mass is 414 g/mol. The van der Waals surface area contributed by atoms with Gasteiger partial charge in [0.25, 0.3) is 0 Å². The molecule has 0 saturated heterocycles. The van der Waals surface area contributed by atoms with E-state index in [-0.39, 0.29) is 24.0 Å². The summed E-state index contributed by atoms with van der Waals surface area (Å²) < 4.78 is 0. The molecule has 3 rings (SSSR count). The summed E-state index contributed by atoms with van der Waals surface area (Å²) in [5.41, 5.74) is 2.86. The number of anilines is 1. The molecule has 1 atom stereocenters. The van der Waals surface area contributed by atoms with Gasteiger partial charge in [-0.3, -0.25) is 4.99 Å². The fourth-order valence-electron chi connectivity index (χ4n) is 2.98. The van der Waals surface area contributed by atoms with Gasteiger partial charge >= 0.3 is 0 Å². The summed E-state index contributed by atoms with van der Waals surface area (Å²) in [6.07, 6.45) is 3.71. The van der Waals surface area contributed by atoms with Gasteiger partial charge in [0, 0.05) is 30.9 Å². The summed E-state index contributed by atoms with van der Waals surface area (Å²) in [4.78, 5) is 7.20. The van der Waals surface area contributed by atoms with Crippen LogP contribution < -0.4 is 15.5 Å². The van der Waals surface area contributed by atoms with Gasteiger partial charge in [-0.25, -0.2) is 0 Å². The van der Waals surface area contributed by atoms with E-state index in [1.165, 1.54) is 24.1 Å². The molecule has 1 saturated carbocycles. The fourth-order valence-corrected chi connectivity index (χ4v) is 2.98. The topological polar surface area (TPSA) is 39.7 Å². The number of para-hydroxylation sites is 1. The Morgan fingerprint density at radius 1 is 1.32 bits per heavy atom. The Hall–Kier alpha value is -0.980. The molecule has 1 aliphatic heterocycles. The number of nitrogens with one attached hydrogen (secondary N) is 2. The Labute approximate surface area is 150 Å². The van der Waals surface area contributed by atoms with Crippen LogP contribution in [0.1, 0.15) is 32.3 Å². The first-order chi connectivity index (χ1) is 10.3. The maximum atomic E-state index is 4.72. The predicted octanol–water partition coefficient (Wildman–Crippen LogP) is 2.77. The van der Waals surface area contributed by atoms with Crippen LogP contribution in [0.3, 0.4) is 0 Å². The Morgan fingerprint density at radius 2 is 2.09 bits per heavy atom. The van der Waals surface area contributed by atoms with Gasteiger partial charge in [-0.05, 0) is 44.7 Å². The molecule has 122 valence electrons. The Kier molecular flexibility index (Phi) is 6.35. The molecule has 22 heavy (non-hydrogen) atoms. The third-order valence-corrected chi connectivity index (χ3v) is 4.22. The van der Waals surface area contributed by atoms with Crippen molar-refractivity contribution >= 4 is 35.6 Å². The molecule has 1 heterocycles. The van der Waals surface area contributed by atoms with Gasteiger partial charge in [-0.1, -0.05) is 18.2 Å². The van der Waals surface area contributed by atoms with E-state index >= 15 is 0 Å². The van der Waals surface area contributed by atoms with Crippen LogP contribution in [0.2, 0.25) is 0 Å². The molecule has 1 aliphatic carbocycles. The minimum Gasteiger partial charge on any atom is -0.366 e. The molecular weight excluding hydrogens is 387 g/mol. The maximum Gasteiger partial charge on any atom is 0.191 e. The number of fused-ring (bicyclic) bond motifs is 1. The zero-order valence-electron chi connectivity index (χ0n) is 13.5. The lowest BCUT2D eigenvalue weighted by molar-refractivity contribution is 0.672. The zero-order valence-corrected chi connectivity index (χ0v) is 15.8. The first-order valence-corrected chi connectivity index (χ1v) is 8.17. The fraction of sp³-hybridized carbons (Fsp3) is 0.588. The number of nitrogens with zero attached hydrogens (tertiary/aromatic N) is 2. The summed E-state index contributed by atoms with van der Waals surface area (Å²) in [7, 11) is 0. The van der Waals surface area contributed by atoms with Gasteiger partial charge in [0.2, 0.25) is 0 Å². The van der Waals surface area contributed by atoms with E-state index < -0.39 is 0 Å². The summed E-state index contributed by atoms with van der Waals surface area (Å²) in [6.45, 7) is 7.15. The summed E-state index contributed by atoms with van der Waals surface area (Å²) in [5, 5.41) is 6.80. The third-order valence-electron chi connectivity index (χ3n) is 4.22. The van der Waals surface area contributed by atoms with E-state index in [0.29, 0.717) is 12.1 Å². The van der Waals surface area contributed by atoms with Crippen molar-refractivity contribution in [1.29, 1.82) is 0 Å². The van der Waals surface area contributed by atoms with Gasteiger partial charge < -0.3 is 15.5 Å². The van der Waals surface area contributed by atoms with Crippen LogP contribution in [0, 0.1) is 0 Å². The molecule has 2 N–H and O–H groups in total. The van der Waals surface area contributed by atoms with E-state index in [1.807, 2.05) is 0 Å². The zero-order chi connectivity index (χ0) is 14.7. The normalized spacial score (nSPS) is 20.4. The molecular formula is C17H27IN4. The molecule has 0 spiro atoms. The standard InChI is InChI=1S/C17H26N4.HI/c1-3-18-17(20-15-8-9-15)19-10-11-21-13(2)12-14-6-4-5-7-16(14)21;/h4-7,13,15H,3,8-12H2,1-2H3,(H2,18,19,20);1H. The van der Waals surface area contributed by atoms with E-state index in [0.717, 1.165) is 32.0 Å². The minimum atomic E-state index is 0. The van der Waals surface area contributed by atoms with Gasteiger partial charge in [-0.15, -0.1) is 24.0 Å². The van der Waals surface area contributed by atoms with E-state index in [9.17, 15) is 0 Å². The third kappa shape index (κ3) is 4.27. The van der Waals surface area contributed by atoms with Crippen LogP contribution in [0.25, 0.3) is 0 Å². The van der Waals surface area contributed by atoms with Crippen molar-refractivity contribution in [2.75, 3.05) is 24.5 Å². The number of rotatable bonds is 5. The smallest absolute Gasteiger partial charge is 0.191 e. The average Bonchev–Trinajstić information content (AvgIpc) is 3.23. The Morgan fingerprint density at radius 3 is 2.82 bits per heavy atom. The van der Waals surface area contributed by atoms with Crippen LogP contribution in [0.4, 0.5) is 5.69 Å². The highest BCUT2D eigenvalue weighted by molar-refractivity contribution is 14.0. The predicted molar refractivity (Wildman–Crippen MR) is 105 cm³/mol. The maximum absolute atomic E-state index is 4.72. The number of guanidine groups is 1. The minimum absolute atomic E-state index is 0. The molecule has 1 aromatic rings. The van der Waals surface area contributed by atoms with Crippen molar-refractivity contribution in [2.24, 2.45) is 4.99 Å². The molecule has 5 heteroatoms. The lowest BCUT2D eigenvalue weighted by atomic mass is 10.1. The number of benzene rings is 1. The molecule has 4 nitrogen and oxygen atoms in total. The molecule has 1 aromatic carbocycles. The second kappa shape index (κ2) is 8.04. The number of hydrogen-bond donors (Lipinski definition) is 2. The number of halogens is 1. The Bertz CT molecular complexity index is 513. The van der Waals surface area contributed by atoms with E-state index in [2.05, 4.69) is 53.6 Å². The molecule has 2 aliphatic rings. The first kappa shape index (κ1) is 17.4. The molecule has 0 bridgehead atoms. The molecule has 1 unspecified atom stereocenters. The second-order valence-corrected chi connectivity index (χ2v) is 6.05. The number of aliphatic imine (C=N–C) groups is 1. The highest BCUT2D eigenvalue weighted by atomic mass is 127. The van der Waals surface area contributed by atoms with Crippen LogP contribution >= 0.6 is 24.0 Å². The van der Waals surface area contributed by atoms with Gasteiger partial charge in [-0.2, -0.15) is 0 Å². The average molecular weight is 414 g/mol. The molecule has 1 fully saturated rings. The van der Waals surface area contributed by atoms with Crippen molar-refractivity contribution in [3.8, 4) is 0 Å². The lowest BCUT2D eigenvalue weighted by Gasteiger charge is -2.24. The van der Waals surface area contributed by atoms with E-state index in [4.69, 9.17) is 4.99 Å². The molecule has 0 radical (unpaired) electrons. The second-order valence-electron chi connectivity index (χ2n) is 6.05. The lowest BCUT2D eigenvalue weighted by Crippen LogP contribution is -2.39. The largest absolute Gasteiger partial charge is 0.366 e. The van der Waals surface area contributed by atoms with E-state index in [1.54, 1.807) is 0 Å². The summed E-state index contributed by atoms with van der Waals surface area (Å²) in [5.74, 6) is 0.972. The van der Waals surface area contributed by atoms with Crippen LogP contribution in [0.5, 0.6) is 0 Å². The van der Waals surface area contributed by atoms with Crippen LogP contribution in [-0.4, -0.2) is 37.7 Å². The summed E-state index contributed by atoms with van der Waals surface area (Å²) >= 11 is 0. The SMILES string of the molecule is CCNC(=NCCN1c2ccccc2CC1C)NC1CC1.I.